The second kappa shape index (κ2) is 3.18. The summed E-state index contributed by atoms with van der Waals surface area (Å²) in [6, 6.07) is 5.92. The van der Waals surface area contributed by atoms with Crippen LogP contribution in [0.4, 0.5) is 0 Å². The Morgan fingerprint density at radius 1 is 1.54 bits per heavy atom. The molecular formula is C10H12N2O. The zero-order valence-electron chi connectivity index (χ0n) is 7.51. The van der Waals surface area contributed by atoms with Crippen molar-refractivity contribution in [1.29, 1.82) is 0 Å². The van der Waals surface area contributed by atoms with Crippen molar-refractivity contribution in [3.05, 3.63) is 36.2 Å². The van der Waals surface area contributed by atoms with E-state index in [0.717, 1.165) is 11.1 Å². The normalized spacial score (nSPS) is 13.4. The molecule has 2 aromatic heterocycles. The third-order valence-electron chi connectivity index (χ3n) is 2.02. The summed E-state index contributed by atoms with van der Waals surface area (Å²) in [6.07, 6.45) is 4.06. The number of pyridine rings is 1. The standard InChI is InChI=1S/C10H12N2O/c1-8(13)6-9-7-11-12-5-3-2-4-10(9)12/h2-5,7-8,13H,6H2,1H3/t8-/m0/s1. The summed E-state index contributed by atoms with van der Waals surface area (Å²) in [5.74, 6) is 0. The van der Waals surface area contributed by atoms with Gasteiger partial charge >= 0.3 is 0 Å². The highest BCUT2D eigenvalue weighted by atomic mass is 16.3. The lowest BCUT2D eigenvalue weighted by molar-refractivity contribution is 0.196. The minimum Gasteiger partial charge on any atom is -0.393 e. The van der Waals surface area contributed by atoms with Gasteiger partial charge in [-0.05, 0) is 19.1 Å². The van der Waals surface area contributed by atoms with E-state index in [1.807, 2.05) is 35.1 Å². The maximum Gasteiger partial charge on any atom is 0.0694 e. The Kier molecular flexibility index (Phi) is 2.02. The number of nitrogens with zero attached hydrogens (tertiary/aromatic N) is 2. The van der Waals surface area contributed by atoms with Crippen LogP contribution in [-0.2, 0) is 6.42 Å². The molecule has 0 aliphatic carbocycles. The smallest absolute Gasteiger partial charge is 0.0694 e. The van der Waals surface area contributed by atoms with Gasteiger partial charge in [0, 0.05) is 18.2 Å². The summed E-state index contributed by atoms with van der Waals surface area (Å²) in [6.45, 7) is 1.78. The lowest BCUT2D eigenvalue weighted by Crippen LogP contribution is -2.03. The number of aromatic nitrogens is 2. The van der Waals surface area contributed by atoms with Crippen molar-refractivity contribution >= 4 is 5.52 Å². The van der Waals surface area contributed by atoms with E-state index in [2.05, 4.69) is 5.10 Å². The van der Waals surface area contributed by atoms with Gasteiger partial charge in [-0.1, -0.05) is 6.07 Å². The summed E-state index contributed by atoms with van der Waals surface area (Å²) < 4.78 is 1.82. The van der Waals surface area contributed by atoms with Crippen LogP contribution in [0.15, 0.2) is 30.6 Å². The van der Waals surface area contributed by atoms with Crippen molar-refractivity contribution in [2.45, 2.75) is 19.4 Å². The number of hydrogen-bond donors (Lipinski definition) is 1. The Bertz CT molecular complexity index is 406. The van der Waals surface area contributed by atoms with E-state index in [-0.39, 0.29) is 6.10 Å². The average Bonchev–Trinajstić information content (AvgIpc) is 2.48. The van der Waals surface area contributed by atoms with Gasteiger partial charge < -0.3 is 5.11 Å². The van der Waals surface area contributed by atoms with Gasteiger partial charge in [0.1, 0.15) is 0 Å². The van der Waals surface area contributed by atoms with E-state index in [4.69, 9.17) is 0 Å². The van der Waals surface area contributed by atoms with Crippen molar-refractivity contribution in [3.8, 4) is 0 Å². The van der Waals surface area contributed by atoms with Crippen molar-refractivity contribution in [2.24, 2.45) is 0 Å². The molecule has 0 spiro atoms. The van der Waals surface area contributed by atoms with Gasteiger partial charge in [-0.15, -0.1) is 0 Å². The number of aliphatic hydroxyl groups excluding tert-OH is 1. The second-order valence-electron chi connectivity index (χ2n) is 3.25. The molecular weight excluding hydrogens is 164 g/mol. The van der Waals surface area contributed by atoms with E-state index in [9.17, 15) is 5.11 Å². The number of fused-ring (bicyclic) bond motifs is 1. The molecule has 2 aromatic rings. The first-order valence-electron chi connectivity index (χ1n) is 4.36. The van der Waals surface area contributed by atoms with Crippen LogP contribution < -0.4 is 0 Å². The zero-order chi connectivity index (χ0) is 9.26. The molecule has 0 fully saturated rings. The highest BCUT2D eigenvalue weighted by Crippen LogP contribution is 2.11. The third kappa shape index (κ3) is 1.55. The molecule has 2 rings (SSSR count). The third-order valence-corrected chi connectivity index (χ3v) is 2.02. The van der Waals surface area contributed by atoms with Gasteiger partial charge in [0.2, 0.25) is 0 Å². The van der Waals surface area contributed by atoms with E-state index >= 15 is 0 Å². The average molecular weight is 176 g/mol. The minimum atomic E-state index is -0.312. The van der Waals surface area contributed by atoms with E-state index < -0.39 is 0 Å². The van der Waals surface area contributed by atoms with E-state index in [1.54, 1.807) is 6.92 Å². The second-order valence-corrected chi connectivity index (χ2v) is 3.25. The van der Waals surface area contributed by atoms with Crippen LogP contribution in [0.25, 0.3) is 5.52 Å². The fourth-order valence-electron chi connectivity index (χ4n) is 1.46. The molecule has 3 heteroatoms. The van der Waals surface area contributed by atoms with Crippen molar-refractivity contribution in [3.63, 3.8) is 0 Å². The molecule has 0 bridgehead atoms. The number of hydrogen-bond acceptors (Lipinski definition) is 2. The lowest BCUT2D eigenvalue weighted by atomic mass is 10.1. The van der Waals surface area contributed by atoms with Gasteiger partial charge in [-0.25, -0.2) is 4.52 Å². The Hall–Kier alpha value is -1.35. The Morgan fingerprint density at radius 3 is 3.15 bits per heavy atom. The van der Waals surface area contributed by atoms with Crippen LogP contribution in [0, 0.1) is 0 Å². The molecule has 13 heavy (non-hydrogen) atoms. The molecule has 2 heterocycles. The highest BCUT2D eigenvalue weighted by Gasteiger charge is 2.05. The molecule has 0 aliphatic heterocycles. The molecule has 0 radical (unpaired) electrons. The molecule has 0 saturated carbocycles. The molecule has 1 atom stereocenters. The van der Waals surface area contributed by atoms with Gasteiger partial charge in [0.25, 0.3) is 0 Å². The molecule has 0 unspecified atom stereocenters. The first kappa shape index (κ1) is 8.26. The van der Waals surface area contributed by atoms with E-state index in [0.29, 0.717) is 6.42 Å². The van der Waals surface area contributed by atoms with Gasteiger partial charge in [0.15, 0.2) is 0 Å². The molecule has 3 nitrogen and oxygen atoms in total. The topological polar surface area (TPSA) is 37.5 Å². The van der Waals surface area contributed by atoms with Gasteiger partial charge in [-0.3, -0.25) is 0 Å². The predicted molar refractivity (Wildman–Crippen MR) is 50.6 cm³/mol. The van der Waals surface area contributed by atoms with Crippen LogP contribution in [0.2, 0.25) is 0 Å². The first-order valence-corrected chi connectivity index (χ1v) is 4.36. The Labute approximate surface area is 76.6 Å². The molecule has 0 aromatic carbocycles. The predicted octanol–water partition coefficient (Wildman–Crippen LogP) is 1.26. The number of aliphatic hydroxyl groups is 1. The van der Waals surface area contributed by atoms with Crippen LogP contribution in [0.3, 0.4) is 0 Å². The Balaban J connectivity index is 2.46. The highest BCUT2D eigenvalue weighted by molar-refractivity contribution is 5.53. The summed E-state index contributed by atoms with van der Waals surface area (Å²) in [7, 11) is 0. The summed E-state index contributed by atoms with van der Waals surface area (Å²) >= 11 is 0. The quantitative estimate of drug-likeness (QED) is 0.748. The monoisotopic (exact) mass is 176 g/mol. The molecule has 68 valence electrons. The van der Waals surface area contributed by atoms with Crippen molar-refractivity contribution in [2.75, 3.05) is 0 Å². The molecule has 1 N–H and O–H groups in total. The van der Waals surface area contributed by atoms with Crippen molar-refractivity contribution in [1.82, 2.24) is 9.61 Å². The van der Waals surface area contributed by atoms with Crippen molar-refractivity contribution < 1.29 is 5.11 Å². The minimum absolute atomic E-state index is 0.312. The zero-order valence-corrected chi connectivity index (χ0v) is 7.51. The van der Waals surface area contributed by atoms with Crippen LogP contribution in [0.5, 0.6) is 0 Å². The van der Waals surface area contributed by atoms with Gasteiger partial charge in [0.05, 0.1) is 17.8 Å². The maximum absolute atomic E-state index is 9.25. The van der Waals surface area contributed by atoms with Crippen LogP contribution in [0.1, 0.15) is 12.5 Å². The number of rotatable bonds is 2. The molecule has 0 aliphatic rings. The SMILES string of the molecule is C[C@H](O)Cc1cnn2ccccc12. The largest absolute Gasteiger partial charge is 0.393 e. The molecule has 0 saturated heterocycles. The van der Waals surface area contributed by atoms with Crippen LogP contribution >= 0.6 is 0 Å². The maximum atomic E-state index is 9.25. The summed E-state index contributed by atoms with van der Waals surface area (Å²) in [5.41, 5.74) is 2.17. The fraction of sp³-hybridized carbons (Fsp3) is 0.300. The van der Waals surface area contributed by atoms with E-state index in [1.165, 1.54) is 0 Å². The summed E-state index contributed by atoms with van der Waals surface area (Å²) in [5, 5.41) is 13.4. The summed E-state index contributed by atoms with van der Waals surface area (Å²) in [4.78, 5) is 0. The Morgan fingerprint density at radius 2 is 2.38 bits per heavy atom. The van der Waals surface area contributed by atoms with Crippen LogP contribution in [-0.4, -0.2) is 20.8 Å². The van der Waals surface area contributed by atoms with Gasteiger partial charge in [-0.2, -0.15) is 5.10 Å². The first-order chi connectivity index (χ1) is 6.27. The fourth-order valence-corrected chi connectivity index (χ4v) is 1.46. The lowest BCUT2D eigenvalue weighted by Gasteiger charge is -2.01. The molecule has 0 amide bonds.